The Morgan fingerprint density at radius 3 is 2.86 bits per heavy atom. The van der Waals surface area contributed by atoms with Crippen LogP contribution in [0, 0.1) is 5.92 Å². The summed E-state index contributed by atoms with van der Waals surface area (Å²) in [6, 6.07) is 1.92. The first-order valence-electron chi connectivity index (χ1n) is 7.07. The summed E-state index contributed by atoms with van der Waals surface area (Å²) in [6.07, 6.45) is 6.15. The van der Waals surface area contributed by atoms with Gasteiger partial charge in [-0.05, 0) is 76.2 Å². The molecule has 2 aromatic rings. The fourth-order valence-electron chi connectivity index (χ4n) is 2.53. The number of rotatable bonds is 4. The van der Waals surface area contributed by atoms with Crippen molar-refractivity contribution < 1.29 is 4.52 Å². The van der Waals surface area contributed by atoms with E-state index in [1.807, 2.05) is 6.07 Å². The number of aromatic nitrogens is 3. The van der Waals surface area contributed by atoms with Gasteiger partial charge in [0, 0.05) is 21.6 Å². The summed E-state index contributed by atoms with van der Waals surface area (Å²) in [5, 5.41) is 7.41. The van der Waals surface area contributed by atoms with E-state index in [1.54, 1.807) is 6.20 Å². The first-order chi connectivity index (χ1) is 10.2. The van der Waals surface area contributed by atoms with Crippen LogP contribution in [0.1, 0.15) is 25.2 Å². The van der Waals surface area contributed by atoms with Crippen molar-refractivity contribution in [3.05, 3.63) is 27.1 Å². The molecule has 1 N–H and O–H groups in total. The van der Waals surface area contributed by atoms with Gasteiger partial charge in [-0.2, -0.15) is 4.98 Å². The van der Waals surface area contributed by atoms with Crippen LogP contribution in [-0.4, -0.2) is 28.2 Å². The third kappa shape index (κ3) is 3.90. The van der Waals surface area contributed by atoms with Crippen molar-refractivity contribution in [3.63, 3.8) is 0 Å². The largest absolute Gasteiger partial charge is 0.339 e. The average Bonchev–Trinajstić information content (AvgIpc) is 2.95. The molecule has 112 valence electrons. The molecule has 0 bridgehead atoms. The minimum absolute atomic E-state index is 0.537. The zero-order valence-electron chi connectivity index (χ0n) is 11.5. The SMILES string of the molecule is Brc1cnc(-c2noc(CCC3CCNCC3)n2)c(Br)c1. The highest BCUT2D eigenvalue weighted by molar-refractivity contribution is 9.11. The summed E-state index contributed by atoms with van der Waals surface area (Å²) in [6.45, 7) is 2.24. The Balaban J connectivity index is 1.65. The Labute approximate surface area is 140 Å². The lowest BCUT2D eigenvalue weighted by molar-refractivity contribution is 0.324. The van der Waals surface area contributed by atoms with Crippen molar-refractivity contribution in [2.75, 3.05) is 13.1 Å². The maximum absolute atomic E-state index is 5.35. The van der Waals surface area contributed by atoms with E-state index < -0.39 is 0 Å². The van der Waals surface area contributed by atoms with E-state index in [1.165, 1.54) is 12.8 Å². The number of piperidine rings is 1. The molecule has 1 aliphatic heterocycles. The number of hydrogen-bond donors (Lipinski definition) is 1. The highest BCUT2D eigenvalue weighted by Crippen LogP contribution is 2.27. The molecular weight excluding hydrogens is 400 g/mol. The highest BCUT2D eigenvalue weighted by Gasteiger charge is 2.17. The number of halogens is 2. The van der Waals surface area contributed by atoms with Gasteiger partial charge in [0.05, 0.1) is 0 Å². The molecule has 1 aliphatic rings. The number of pyridine rings is 1. The van der Waals surface area contributed by atoms with Crippen LogP contribution in [0.2, 0.25) is 0 Å². The van der Waals surface area contributed by atoms with Crippen molar-refractivity contribution in [1.82, 2.24) is 20.4 Å². The summed E-state index contributed by atoms with van der Waals surface area (Å²) in [7, 11) is 0. The number of hydrogen-bond acceptors (Lipinski definition) is 5. The van der Waals surface area contributed by atoms with E-state index in [-0.39, 0.29) is 0 Å². The van der Waals surface area contributed by atoms with Crippen molar-refractivity contribution >= 4 is 31.9 Å². The van der Waals surface area contributed by atoms with Crippen LogP contribution in [0.5, 0.6) is 0 Å². The van der Waals surface area contributed by atoms with E-state index in [0.717, 1.165) is 40.8 Å². The molecule has 0 unspecified atom stereocenters. The van der Waals surface area contributed by atoms with Gasteiger partial charge in [-0.25, -0.2) is 0 Å². The molecule has 1 fully saturated rings. The number of aryl methyl sites for hydroxylation is 1. The van der Waals surface area contributed by atoms with Crippen molar-refractivity contribution in [2.24, 2.45) is 5.92 Å². The predicted molar refractivity (Wildman–Crippen MR) is 86.8 cm³/mol. The number of nitrogens with zero attached hydrogens (tertiary/aromatic N) is 3. The summed E-state index contributed by atoms with van der Waals surface area (Å²) < 4.78 is 7.11. The van der Waals surface area contributed by atoms with E-state index in [4.69, 9.17) is 4.52 Å². The lowest BCUT2D eigenvalue weighted by Crippen LogP contribution is -2.27. The van der Waals surface area contributed by atoms with Gasteiger partial charge in [-0.15, -0.1) is 0 Å². The molecule has 3 rings (SSSR count). The lowest BCUT2D eigenvalue weighted by atomic mass is 9.93. The first kappa shape index (κ1) is 15.1. The molecule has 3 heterocycles. The zero-order chi connectivity index (χ0) is 14.7. The molecule has 0 aromatic carbocycles. The molecule has 7 heteroatoms. The monoisotopic (exact) mass is 414 g/mol. The van der Waals surface area contributed by atoms with Gasteiger partial charge in [0.25, 0.3) is 0 Å². The van der Waals surface area contributed by atoms with Crippen LogP contribution in [0.15, 0.2) is 25.7 Å². The standard InChI is InChI=1S/C14H16Br2N4O/c15-10-7-11(16)13(18-8-10)14-19-12(21-20-14)2-1-9-3-5-17-6-4-9/h7-9,17H,1-6H2. The molecule has 0 radical (unpaired) electrons. The highest BCUT2D eigenvalue weighted by atomic mass is 79.9. The molecular formula is C14H16Br2N4O. The van der Waals surface area contributed by atoms with Crippen molar-refractivity contribution in [2.45, 2.75) is 25.7 Å². The minimum Gasteiger partial charge on any atom is -0.339 e. The molecule has 0 atom stereocenters. The van der Waals surface area contributed by atoms with E-state index in [9.17, 15) is 0 Å². The van der Waals surface area contributed by atoms with Crippen LogP contribution in [0.3, 0.4) is 0 Å². The Bertz CT molecular complexity index is 611. The smallest absolute Gasteiger partial charge is 0.227 e. The average molecular weight is 416 g/mol. The fraction of sp³-hybridized carbons (Fsp3) is 0.500. The van der Waals surface area contributed by atoms with Gasteiger partial charge < -0.3 is 9.84 Å². The van der Waals surface area contributed by atoms with Gasteiger partial charge in [0.1, 0.15) is 5.69 Å². The summed E-state index contributed by atoms with van der Waals surface area (Å²) in [4.78, 5) is 8.78. The Hall–Kier alpha value is -0.790. The normalized spacial score (nSPS) is 16.3. The summed E-state index contributed by atoms with van der Waals surface area (Å²) in [5.41, 5.74) is 0.704. The van der Waals surface area contributed by atoms with Gasteiger partial charge in [-0.1, -0.05) is 5.16 Å². The minimum atomic E-state index is 0.537. The van der Waals surface area contributed by atoms with Crippen molar-refractivity contribution in [3.8, 4) is 11.5 Å². The molecule has 0 amide bonds. The quantitative estimate of drug-likeness (QED) is 0.826. The van der Waals surface area contributed by atoms with Crippen LogP contribution in [0.25, 0.3) is 11.5 Å². The van der Waals surface area contributed by atoms with E-state index in [2.05, 4.69) is 52.3 Å². The van der Waals surface area contributed by atoms with Gasteiger partial charge in [0.15, 0.2) is 0 Å². The third-order valence-corrected chi connectivity index (χ3v) is 4.75. The fourth-order valence-corrected chi connectivity index (χ4v) is 3.69. The topological polar surface area (TPSA) is 63.8 Å². The van der Waals surface area contributed by atoms with Crippen LogP contribution >= 0.6 is 31.9 Å². The molecule has 0 spiro atoms. The molecule has 5 nitrogen and oxygen atoms in total. The number of nitrogens with one attached hydrogen (secondary N) is 1. The molecule has 1 saturated heterocycles. The van der Waals surface area contributed by atoms with Gasteiger partial charge >= 0.3 is 0 Å². The Morgan fingerprint density at radius 2 is 2.10 bits per heavy atom. The second-order valence-electron chi connectivity index (χ2n) is 5.23. The summed E-state index contributed by atoms with van der Waals surface area (Å²) >= 11 is 6.85. The maximum atomic E-state index is 5.35. The first-order valence-corrected chi connectivity index (χ1v) is 8.65. The third-order valence-electron chi connectivity index (χ3n) is 3.71. The van der Waals surface area contributed by atoms with E-state index in [0.29, 0.717) is 17.4 Å². The Kier molecular flexibility index (Phi) is 5.03. The molecule has 0 aliphatic carbocycles. The van der Waals surface area contributed by atoms with Crippen molar-refractivity contribution in [1.29, 1.82) is 0 Å². The van der Waals surface area contributed by atoms with Gasteiger partial charge in [-0.3, -0.25) is 4.98 Å². The Morgan fingerprint density at radius 1 is 1.29 bits per heavy atom. The molecule has 2 aromatic heterocycles. The van der Waals surface area contributed by atoms with E-state index >= 15 is 0 Å². The molecule has 0 saturated carbocycles. The van der Waals surface area contributed by atoms with Crippen LogP contribution < -0.4 is 5.32 Å². The zero-order valence-corrected chi connectivity index (χ0v) is 14.7. The van der Waals surface area contributed by atoms with Crippen LogP contribution in [0.4, 0.5) is 0 Å². The lowest BCUT2D eigenvalue weighted by Gasteiger charge is -2.21. The van der Waals surface area contributed by atoms with Gasteiger partial charge in [0.2, 0.25) is 11.7 Å². The van der Waals surface area contributed by atoms with Crippen LogP contribution in [-0.2, 0) is 6.42 Å². The second-order valence-corrected chi connectivity index (χ2v) is 7.00. The molecule has 21 heavy (non-hydrogen) atoms. The summed E-state index contributed by atoms with van der Waals surface area (Å²) in [5.74, 6) is 1.99. The maximum Gasteiger partial charge on any atom is 0.227 e. The second kappa shape index (κ2) is 6.98. The predicted octanol–water partition coefficient (Wildman–Crippen LogP) is 3.59.